The van der Waals surface area contributed by atoms with Crippen molar-refractivity contribution in [2.24, 2.45) is 0 Å². The number of rotatable bonds is 4. The summed E-state index contributed by atoms with van der Waals surface area (Å²) in [6, 6.07) is 28.9. The molecule has 2 atom stereocenters. The summed E-state index contributed by atoms with van der Waals surface area (Å²) in [6.07, 6.45) is -0.885. The van der Waals surface area contributed by atoms with Crippen LogP contribution in [0.2, 0.25) is 0 Å². The van der Waals surface area contributed by atoms with Crippen molar-refractivity contribution >= 4 is 17.5 Å². The fraction of sp³-hybridized carbons (Fsp3) is 0.200. The number of benzene rings is 3. The first kappa shape index (κ1) is 22.9. The molecule has 7 nitrogen and oxygen atoms in total. The van der Waals surface area contributed by atoms with Crippen LogP contribution in [-0.2, 0) is 10.3 Å². The summed E-state index contributed by atoms with van der Waals surface area (Å²) >= 11 is 0. The number of hydrogen-bond acceptors (Lipinski definition) is 5. The molecule has 2 amide bonds. The van der Waals surface area contributed by atoms with Crippen LogP contribution < -0.4 is 9.64 Å². The Morgan fingerprint density at radius 2 is 1.49 bits per heavy atom. The average molecular weight is 491 g/mol. The minimum atomic E-state index is -0.943. The van der Waals surface area contributed by atoms with Gasteiger partial charge < -0.3 is 14.5 Å². The van der Waals surface area contributed by atoms with Crippen molar-refractivity contribution < 1.29 is 14.3 Å². The molecule has 0 aliphatic carbocycles. The van der Waals surface area contributed by atoms with Crippen LogP contribution in [0.25, 0.3) is 0 Å². The Labute approximate surface area is 215 Å². The summed E-state index contributed by atoms with van der Waals surface area (Å²) < 4.78 is 6.33. The highest BCUT2D eigenvalue weighted by molar-refractivity contribution is 6.07. The highest BCUT2D eigenvalue weighted by Crippen LogP contribution is 2.52. The standard InChI is InChI=1S/C30H26N4O3/c1-20-19-21(2)32-29(31-20)37-26-28(36)34-18-17-33(27(35)22-11-5-3-6-12-22)25-16-10-9-15-24(25)30(26,34)23-13-7-4-8-14-23/h3-16,19,26H,17-18H2,1-2H3. The van der Waals surface area contributed by atoms with Crippen molar-refractivity contribution in [1.82, 2.24) is 14.9 Å². The van der Waals surface area contributed by atoms with E-state index in [0.717, 1.165) is 28.2 Å². The van der Waals surface area contributed by atoms with Crippen molar-refractivity contribution in [3.05, 3.63) is 119 Å². The van der Waals surface area contributed by atoms with E-state index >= 15 is 0 Å². The van der Waals surface area contributed by atoms with Crippen LogP contribution in [0.5, 0.6) is 6.01 Å². The van der Waals surface area contributed by atoms with Gasteiger partial charge in [0.15, 0.2) is 0 Å². The number of aryl methyl sites for hydroxylation is 2. The normalized spacial score (nSPS) is 20.4. The number of amides is 2. The number of ether oxygens (including phenoxy) is 1. The molecule has 3 heterocycles. The van der Waals surface area contributed by atoms with Crippen molar-refractivity contribution in [3.63, 3.8) is 0 Å². The zero-order valence-corrected chi connectivity index (χ0v) is 20.7. The molecule has 37 heavy (non-hydrogen) atoms. The highest BCUT2D eigenvalue weighted by Gasteiger charge is 2.66. The van der Waals surface area contributed by atoms with E-state index in [2.05, 4.69) is 9.97 Å². The number of hydrogen-bond donors (Lipinski definition) is 0. The third-order valence-corrected chi connectivity index (χ3v) is 7.11. The van der Waals surface area contributed by atoms with Gasteiger partial charge in [0.1, 0.15) is 5.54 Å². The molecule has 3 aromatic carbocycles. The maximum Gasteiger partial charge on any atom is 0.317 e. The molecule has 2 aliphatic rings. The number of fused-ring (bicyclic) bond motifs is 3. The Morgan fingerprint density at radius 3 is 2.19 bits per heavy atom. The summed E-state index contributed by atoms with van der Waals surface area (Å²) in [4.78, 5) is 39.9. The number of carbonyl (C=O) groups excluding carboxylic acids is 2. The highest BCUT2D eigenvalue weighted by atomic mass is 16.5. The Hall–Kier alpha value is -4.52. The molecule has 184 valence electrons. The third-order valence-electron chi connectivity index (χ3n) is 7.11. The second-order valence-corrected chi connectivity index (χ2v) is 9.39. The van der Waals surface area contributed by atoms with Gasteiger partial charge in [0, 0.05) is 35.6 Å². The number of anilines is 1. The molecular formula is C30H26N4O3. The summed E-state index contributed by atoms with van der Waals surface area (Å²) in [5.74, 6) is -0.267. The van der Waals surface area contributed by atoms with Gasteiger partial charge in [-0.25, -0.2) is 9.97 Å². The zero-order chi connectivity index (χ0) is 25.6. The Balaban J connectivity index is 1.53. The second kappa shape index (κ2) is 8.85. The molecule has 2 unspecified atom stereocenters. The van der Waals surface area contributed by atoms with Crippen LogP contribution in [0.4, 0.5) is 5.69 Å². The Kier molecular flexibility index (Phi) is 5.48. The van der Waals surface area contributed by atoms with Crippen LogP contribution in [0.15, 0.2) is 91.0 Å². The van der Waals surface area contributed by atoms with E-state index in [4.69, 9.17) is 4.74 Å². The first-order chi connectivity index (χ1) is 18.0. The molecule has 0 N–H and O–H groups in total. The van der Waals surface area contributed by atoms with Crippen LogP contribution >= 0.6 is 0 Å². The molecule has 4 aromatic rings. The molecule has 1 aromatic heterocycles. The number of carbonyl (C=O) groups is 2. The SMILES string of the molecule is Cc1cc(C)nc(OC2C(=O)N3CCN(C(=O)c4ccccc4)c4ccccc4C23c2ccccc2)n1. The van der Waals surface area contributed by atoms with Crippen LogP contribution in [0, 0.1) is 13.8 Å². The van der Waals surface area contributed by atoms with Crippen molar-refractivity contribution in [3.8, 4) is 6.01 Å². The minimum Gasteiger partial charge on any atom is -0.447 e. The molecule has 0 bridgehead atoms. The first-order valence-electron chi connectivity index (χ1n) is 12.3. The van der Waals surface area contributed by atoms with Gasteiger partial charge in [-0.15, -0.1) is 0 Å². The first-order valence-corrected chi connectivity index (χ1v) is 12.3. The molecule has 6 rings (SSSR count). The number of β-lactam (4-membered cyclic amide) rings is 1. The smallest absolute Gasteiger partial charge is 0.317 e. The lowest BCUT2D eigenvalue weighted by Gasteiger charge is -2.56. The average Bonchev–Trinajstić information content (AvgIpc) is 3.05. The molecule has 7 heteroatoms. The topological polar surface area (TPSA) is 75.6 Å². The second-order valence-electron chi connectivity index (χ2n) is 9.39. The molecule has 1 saturated heterocycles. The van der Waals surface area contributed by atoms with Gasteiger partial charge >= 0.3 is 6.01 Å². The molecule has 0 spiro atoms. The maximum absolute atomic E-state index is 13.7. The van der Waals surface area contributed by atoms with E-state index in [-0.39, 0.29) is 17.8 Å². The van der Waals surface area contributed by atoms with Gasteiger partial charge in [0.05, 0.1) is 5.69 Å². The predicted molar refractivity (Wildman–Crippen MR) is 139 cm³/mol. The minimum absolute atomic E-state index is 0.110. The van der Waals surface area contributed by atoms with Gasteiger partial charge in [-0.2, -0.15) is 0 Å². The summed E-state index contributed by atoms with van der Waals surface area (Å²) in [6.45, 7) is 4.46. The predicted octanol–water partition coefficient (Wildman–Crippen LogP) is 4.29. The van der Waals surface area contributed by atoms with E-state index < -0.39 is 11.6 Å². The fourth-order valence-corrected chi connectivity index (χ4v) is 5.58. The number of aromatic nitrogens is 2. The fourth-order valence-electron chi connectivity index (χ4n) is 5.58. The van der Waals surface area contributed by atoms with E-state index in [1.54, 1.807) is 4.90 Å². The molecule has 0 radical (unpaired) electrons. The largest absolute Gasteiger partial charge is 0.447 e. The van der Waals surface area contributed by atoms with Crippen LogP contribution in [0.1, 0.15) is 32.9 Å². The van der Waals surface area contributed by atoms with E-state index in [9.17, 15) is 9.59 Å². The quantitative estimate of drug-likeness (QED) is 0.399. The van der Waals surface area contributed by atoms with Crippen LogP contribution in [-0.4, -0.2) is 45.9 Å². The number of para-hydroxylation sites is 1. The van der Waals surface area contributed by atoms with Gasteiger partial charge in [0.25, 0.3) is 11.8 Å². The third kappa shape index (κ3) is 3.57. The van der Waals surface area contributed by atoms with E-state index in [1.807, 2.05) is 110 Å². The Morgan fingerprint density at radius 1 is 0.865 bits per heavy atom. The van der Waals surface area contributed by atoms with Crippen LogP contribution in [0.3, 0.4) is 0 Å². The lowest BCUT2D eigenvalue weighted by molar-refractivity contribution is -0.176. The number of nitrogens with zero attached hydrogens (tertiary/aromatic N) is 4. The molecule has 0 saturated carbocycles. The van der Waals surface area contributed by atoms with Gasteiger partial charge in [-0.1, -0.05) is 66.7 Å². The van der Waals surface area contributed by atoms with Gasteiger partial charge in [0.2, 0.25) is 6.10 Å². The molecular weight excluding hydrogens is 464 g/mol. The lowest BCUT2D eigenvalue weighted by atomic mass is 9.69. The summed E-state index contributed by atoms with van der Waals surface area (Å²) in [5, 5.41) is 0. The zero-order valence-electron chi connectivity index (χ0n) is 20.7. The van der Waals surface area contributed by atoms with Crippen molar-refractivity contribution in [2.45, 2.75) is 25.5 Å². The molecule has 2 aliphatic heterocycles. The Bertz CT molecular complexity index is 1470. The van der Waals surface area contributed by atoms with Crippen molar-refractivity contribution in [2.75, 3.05) is 18.0 Å². The van der Waals surface area contributed by atoms with E-state index in [0.29, 0.717) is 18.7 Å². The summed E-state index contributed by atoms with van der Waals surface area (Å²) in [7, 11) is 0. The van der Waals surface area contributed by atoms with Crippen molar-refractivity contribution in [1.29, 1.82) is 0 Å². The monoisotopic (exact) mass is 490 g/mol. The van der Waals surface area contributed by atoms with E-state index in [1.165, 1.54) is 0 Å². The molecule has 1 fully saturated rings. The van der Waals surface area contributed by atoms with Gasteiger partial charge in [-0.05, 0) is 43.7 Å². The maximum atomic E-state index is 13.7. The summed E-state index contributed by atoms with van der Waals surface area (Å²) in [5.41, 5.74) is 3.67. The van der Waals surface area contributed by atoms with Gasteiger partial charge in [-0.3, -0.25) is 9.59 Å². The lowest BCUT2D eigenvalue weighted by Crippen LogP contribution is -2.74.